The number of ether oxygens (including phenoxy) is 1. The van der Waals surface area contributed by atoms with Crippen molar-refractivity contribution in [3.8, 4) is 0 Å². The van der Waals surface area contributed by atoms with Crippen LogP contribution in [-0.4, -0.2) is 17.5 Å². The standard InChI is InChI=1S/C21H21NO3/c1-21(13-16-9-5-6-10-17(16)19(23)25-21)20(24)22-18(15-11-12-15)14-7-3-2-4-8-14/h2-10,15,18H,11-13H2,1H3,(H,22,24). The highest BCUT2D eigenvalue weighted by Crippen LogP contribution is 2.41. The maximum atomic E-state index is 13.0. The van der Waals surface area contributed by atoms with Gasteiger partial charge in [0.1, 0.15) is 0 Å². The number of benzene rings is 2. The molecule has 2 aliphatic rings. The van der Waals surface area contributed by atoms with Gasteiger partial charge in [-0.1, -0.05) is 48.5 Å². The van der Waals surface area contributed by atoms with E-state index in [1.165, 1.54) is 0 Å². The monoisotopic (exact) mass is 335 g/mol. The summed E-state index contributed by atoms with van der Waals surface area (Å²) in [5.74, 6) is -0.195. The molecular weight excluding hydrogens is 314 g/mol. The van der Waals surface area contributed by atoms with Gasteiger partial charge in [-0.25, -0.2) is 4.79 Å². The number of amides is 1. The minimum absolute atomic E-state index is 0.0265. The number of esters is 1. The molecule has 4 rings (SSSR count). The van der Waals surface area contributed by atoms with Crippen LogP contribution in [0.1, 0.15) is 47.3 Å². The van der Waals surface area contributed by atoms with E-state index >= 15 is 0 Å². The number of nitrogens with one attached hydrogen (secondary N) is 1. The Morgan fingerprint density at radius 1 is 1.12 bits per heavy atom. The van der Waals surface area contributed by atoms with Crippen LogP contribution in [0.15, 0.2) is 54.6 Å². The lowest BCUT2D eigenvalue weighted by molar-refractivity contribution is -0.140. The molecule has 0 saturated heterocycles. The smallest absolute Gasteiger partial charge is 0.339 e. The lowest BCUT2D eigenvalue weighted by Gasteiger charge is -2.34. The molecule has 0 bridgehead atoms. The molecule has 1 heterocycles. The predicted molar refractivity (Wildman–Crippen MR) is 94.0 cm³/mol. The maximum absolute atomic E-state index is 13.0. The van der Waals surface area contributed by atoms with Gasteiger partial charge in [-0.2, -0.15) is 0 Å². The van der Waals surface area contributed by atoms with E-state index in [-0.39, 0.29) is 11.9 Å². The molecular formula is C21H21NO3. The van der Waals surface area contributed by atoms with Gasteiger partial charge in [0.15, 0.2) is 5.60 Å². The molecule has 1 fully saturated rings. The molecule has 128 valence electrons. The molecule has 4 heteroatoms. The summed E-state index contributed by atoms with van der Waals surface area (Å²) in [6.07, 6.45) is 2.62. The first-order valence-electron chi connectivity index (χ1n) is 8.74. The van der Waals surface area contributed by atoms with Gasteiger partial charge in [-0.3, -0.25) is 4.79 Å². The number of carbonyl (C=O) groups excluding carboxylic acids is 2. The molecule has 0 aromatic heterocycles. The van der Waals surface area contributed by atoms with Gasteiger partial charge in [0.25, 0.3) is 5.91 Å². The van der Waals surface area contributed by atoms with Crippen LogP contribution in [0.4, 0.5) is 0 Å². The first kappa shape index (κ1) is 15.9. The highest BCUT2D eigenvalue weighted by atomic mass is 16.6. The van der Waals surface area contributed by atoms with Gasteiger partial charge in [0, 0.05) is 6.42 Å². The summed E-state index contributed by atoms with van der Waals surface area (Å²) in [5, 5.41) is 3.14. The fraction of sp³-hybridized carbons (Fsp3) is 0.333. The zero-order valence-corrected chi connectivity index (χ0v) is 14.2. The van der Waals surface area contributed by atoms with Crippen LogP contribution in [0.2, 0.25) is 0 Å². The number of fused-ring (bicyclic) bond motifs is 1. The molecule has 1 aliphatic carbocycles. The van der Waals surface area contributed by atoms with Crippen LogP contribution in [0.5, 0.6) is 0 Å². The molecule has 1 saturated carbocycles. The Labute approximate surface area is 147 Å². The quantitative estimate of drug-likeness (QED) is 0.871. The third-order valence-corrected chi connectivity index (χ3v) is 5.10. The Hall–Kier alpha value is -2.62. The number of cyclic esters (lactones) is 1. The second-order valence-corrected chi connectivity index (χ2v) is 7.15. The SMILES string of the molecule is CC1(C(=O)NC(c2ccccc2)C2CC2)Cc2ccccc2C(=O)O1. The molecule has 2 aromatic rings. The number of hydrogen-bond donors (Lipinski definition) is 1. The summed E-state index contributed by atoms with van der Waals surface area (Å²) in [6.45, 7) is 1.70. The Balaban J connectivity index is 1.57. The highest BCUT2D eigenvalue weighted by Gasteiger charge is 2.44. The molecule has 0 radical (unpaired) electrons. The topological polar surface area (TPSA) is 55.4 Å². The van der Waals surface area contributed by atoms with E-state index in [2.05, 4.69) is 5.32 Å². The largest absolute Gasteiger partial charge is 0.445 e. The van der Waals surface area contributed by atoms with E-state index in [9.17, 15) is 9.59 Å². The van der Waals surface area contributed by atoms with Gasteiger partial charge in [0.05, 0.1) is 11.6 Å². The van der Waals surface area contributed by atoms with Crippen molar-refractivity contribution in [2.75, 3.05) is 0 Å². The average molecular weight is 335 g/mol. The second kappa shape index (κ2) is 6.03. The Morgan fingerprint density at radius 2 is 1.80 bits per heavy atom. The van der Waals surface area contributed by atoms with Gasteiger partial charge < -0.3 is 10.1 Å². The fourth-order valence-electron chi connectivity index (χ4n) is 3.52. The first-order valence-corrected chi connectivity index (χ1v) is 8.74. The minimum Gasteiger partial charge on any atom is -0.445 e. The zero-order chi connectivity index (χ0) is 17.4. The summed E-state index contributed by atoms with van der Waals surface area (Å²) >= 11 is 0. The first-order chi connectivity index (χ1) is 12.1. The van der Waals surface area contributed by atoms with Crippen LogP contribution in [0.25, 0.3) is 0 Å². The van der Waals surface area contributed by atoms with Crippen LogP contribution in [0, 0.1) is 5.92 Å². The summed E-state index contributed by atoms with van der Waals surface area (Å²) in [4.78, 5) is 25.3. The van der Waals surface area contributed by atoms with Gasteiger partial charge in [-0.15, -0.1) is 0 Å². The molecule has 4 nitrogen and oxygen atoms in total. The third-order valence-electron chi connectivity index (χ3n) is 5.10. The van der Waals surface area contributed by atoms with Crippen molar-refractivity contribution >= 4 is 11.9 Å². The Bertz CT molecular complexity index is 813. The van der Waals surface area contributed by atoms with E-state index in [1.807, 2.05) is 42.5 Å². The summed E-state index contributed by atoms with van der Waals surface area (Å²) in [7, 11) is 0. The van der Waals surface area contributed by atoms with Crippen molar-refractivity contribution in [2.24, 2.45) is 5.92 Å². The molecule has 1 amide bonds. The molecule has 2 atom stereocenters. The highest BCUT2D eigenvalue weighted by molar-refractivity contribution is 5.97. The van der Waals surface area contributed by atoms with Crippen molar-refractivity contribution < 1.29 is 14.3 Å². The van der Waals surface area contributed by atoms with Gasteiger partial charge in [0.2, 0.25) is 0 Å². The lowest BCUT2D eigenvalue weighted by Crippen LogP contribution is -2.52. The summed E-state index contributed by atoms with van der Waals surface area (Å²) in [6, 6.07) is 17.3. The van der Waals surface area contributed by atoms with Crippen LogP contribution < -0.4 is 5.32 Å². The van der Waals surface area contributed by atoms with E-state index in [4.69, 9.17) is 4.74 Å². The molecule has 25 heavy (non-hydrogen) atoms. The summed E-state index contributed by atoms with van der Waals surface area (Å²) < 4.78 is 5.55. The lowest BCUT2D eigenvalue weighted by atomic mass is 9.88. The van der Waals surface area contributed by atoms with Crippen LogP contribution in [-0.2, 0) is 16.0 Å². The number of carbonyl (C=O) groups is 2. The Kier molecular flexibility index (Phi) is 3.83. The van der Waals surface area contributed by atoms with Crippen molar-refractivity contribution in [2.45, 2.75) is 37.8 Å². The van der Waals surface area contributed by atoms with Crippen LogP contribution in [0.3, 0.4) is 0 Å². The van der Waals surface area contributed by atoms with E-state index in [1.54, 1.807) is 19.1 Å². The van der Waals surface area contributed by atoms with Crippen LogP contribution >= 0.6 is 0 Å². The van der Waals surface area contributed by atoms with Crippen molar-refractivity contribution in [1.82, 2.24) is 5.32 Å². The van der Waals surface area contributed by atoms with Gasteiger partial charge in [-0.05, 0) is 42.9 Å². The van der Waals surface area contributed by atoms with Crippen molar-refractivity contribution in [3.05, 3.63) is 71.3 Å². The zero-order valence-electron chi connectivity index (χ0n) is 14.2. The van der Waals surface area contributed by atoms with E-state index in [0.29, 0.717) is 17.9 Å². The molecule has 1 aliphatic heterocycles. The summed E-state index contributed by atoms with van der Waals surface area (Å²) in [5.41, 5.74) is 1.34. The number of hydrogen-bond acceptors (Lipinski definition) is 3. The van der Waals surface area contributed by atoms with Gasteiger partial charge >= 0.3 is 5.97 Å². The maximum Gasteiger partial charge on any atom is 0.339 e. The molecule has 2 aromatic carbocycles. The Morgan fingerprint density at radius 3 is 2.52 bits per heavy atom. The average Bonchev–Trinajstić information content (AvgIpc) is 3.45. The van der Waals surface area contributed by atoms with Crippen molar-refractivity contribution in [1.29, 1.82) is 0 Å². The molecule has 0 spiro atoms. The van der Waals surface area contributed by atoms with E-state index < -0.39 is 11.6 Å². The minimum atomic E-state index is -1.17. The second-order valence-electron chi connectivity index (χ2n) is 7.15. The molecule has 2 unspecified atom stereocenters. The predicted octanol–water partition coefficient (Wildman–Crippen LogP) is 3.43. The van der Waals surface area contributed by atoms with Crippen molar-refractivity contribution in [3.63, 3.8) is 0 Å². The molecule has 1 N–H and O–H groups in total. The third kappa shape index (κ3) is 3.04. The number of rotatable bonds is 4. The van der Waals surface area contributed by atoms with E-state index in [0.717, 1.165) is 24.0 Å². The normalized spacial score (nSPS) is 23.3. The fourth-order valence-corrected chi connectivity index (χ4v) is 3.52.